The molecule has 0 aliphatic heterocycles. The van der Waals surface area contributed by atoms with E-state index < -0.39 is 5.82 Å². The van der Waals surface area contributed by atoms with Crippen molar-refractivity contribution >= 4 is 22.5 Å². The van der Waals surface area contributed by atoms with Gasteiger partial charge in [-0.15, -0.1) is 0 Å². The Morgan fingerprint density at radius 1 is 1.19 bits per heavy atom. The van der Waals surface area contributed by atoms with E-state index in [-0.39, 0.29) is 18.1 Å². The van der Waals surface area contributed by atoms with Crippen molar-refractivity contribution in [3.05, 3.63) is 54.0 Å². The number of likely N-dealkylation sites (N-methyl/N-ethyl adjacent to an activating group) is 1. The van der Waals surface area contributed by atoms with Crippen LogP contribution in [0, 0.1) is 5.82 Å². The maximum absolute atomic E-state index is 14.1. The quantitative estimate of drug-likeness (QED) is 0.687. The lowest BCUT2D eigenvalue weighted by atomic mass is 10.1. The Morgan fingerprint density at radius 2 is 2.00 bits per heavy atom. The minimum Gasteiger partial charge on any atom is -0.496 e. The van der Waals surface area contributed by atoms with Crippen molar-refractivity contribution in [3.8, 4) is 17.2 Å². The molecule has 3 N–H and O–H groups in total. The Morgan fingerprint density at radius 3 is 2.69 bits per heavy atom. The summed E-state index contributed by atoms with van der Waals surface area (Å²) in [7, 11) is 3.09. The Bertz CT molecular complexity index is 976. The highest BCUT2D eigenvalue weighted by molar-refractivity contribution is 5.89. The highest BCUT2D eigenvalue weighted by Gasteiger charge is 2.14. The first-order chi connectivity index (χ1) is 12.5. The number of benzene rings is 2. The first-order valence-electron chi connectivity index (χ1n) is 7.91. The number of hydrogen-bond acceptors (Lipinski definition) is 5. The summed E-state index contributed by atoms with van der Waals surface area (Å²) < 4.78 is 25.1. The number of nitrogens with zero attached hydrogens (tertiary/aromatic N) is 1. The second kappa shape index (κ2) is 7.26. The van der Waals surface area contributed by atoms with E-state index in [0.29, 0.717) is 33.7 Å². The molecule has 6 nitrogen and oxygen atoms in total. The van der Waals surface area contributed by atoms with Crippen molar-refractivity contribution in [1.29, 1.82) is 0 Å². The number of methoxy groups -OCH3 is 1. The third kappa shape index (κ3) is 3.51. The van der Waals surface area contributed by atoms with Crippen molar-refractivity contribution in [2.75, 3.05) is 19.9 Å². The molecule has 0 aliphatic rings. The molecule has 3 rings (SSSR count). The molecule has 0 saturated heterocycles. The summed E-state index contributed by atoms with van der Waals surface area (Å²) in [4.78, 5) is 16.1. The van der Waals surface area contributed by atoms with Crippen molar-refractivity contribution < 1.29 is 18.7 Å². The van der Waals surface area contributed by atoms with Gasteiger partial charge in [0.1, 0.15) is 11.5 Å². The fourth-order valence-electron chi connectivity index (χ4n) is 2.59. The Labute approximate surface area is 149 Å². The van der Waals surface area contributed by atoms with Crippen LogP contribution >= 0.6 is 0 Å². The summed E-state index contributed by atoms with van der Waals surface area (Å²) in [6, 6.07) is 9.33. The van der Waals surface area contributed by atoms with Gasteiger partial charge in [-0.1, -0.05) is 0 Å². The zero-order chi connectivity index (χ0) is 18.7. The van der Waals surface area contributed by atoms with Crippen LogP contribution in [0.3, 0.4) is 0 Å². The number of fused-ring (bicyclic) bond motifs is 1. The molecule has 0 aliphatic carbocycles. The predicted octanol–water partition coefficient (Wildman–Crippen LogP) is 3.05. The first kappa shape index (κ1) is 17.5. The number of pyridine rings is 1. The average Bonchev–Trinajstić information content (AvgIpc) is 2.63. The van der Waals surface area contributed by atoms with Gasteiger partial charge in [0.15, 0.2) is 11.6 Å². The van der Waals surface area contributed by atoms with Crippen LogP contribution in [0.5, 0.6) is 17.2 Å². The minimum absolute atomic E-state index is 0.0513. The number of carbonyl (C=O) groups excluding carboxylic acids is 1. The van der Waals surface area contributed by atoms with Gasteiger partial charge in [0, 0.05) is 42.0 Å². The number of nitrogen functional groups attached to an aromatic ring is 1. The molecule has 26 heavy (non-hydrogen) atoms. The molecule has 3 aromatic rings. The van der Waals surface area contributed by atoms with E-state index in [2.05, 4.69) is 10.3 Å². The van der Waals surface area contributed by atoms with Gasteiger partial charge in [-0.2, -0.15) is 0 Å². The van der Waals surface area contributed by atoms with E-state index in [9.17, 15) is 9.18 Å². The van der Waals surface area contributed by atoms with Crippen LogP contribution in [-0.2, 0) is 11.2 Å². The molecule has 0 spiro atoms. The van der Waals surface area contributed by atoms with Crippen LogP contribution in [0.25, 0.3) is 10.9 Å². The van der Waals surface area contributed by atoms with Crippen LogP contribution in [0.1, 0.15) is 5.56 Å². The first-order valence-corrected chi connectivity index (χ1v) is 7.91. The molecule has 1 heterocycles. The summed E-state index contributed by atoms with van der Waals surface area (Å²) in [6.45, 7) is 0. The number of amides is 1. The van der Waals surface area contributed by atoms with E-state index in [1.165, 1.54) is 19.2 Å². The molecule has 2 aromatic carbocycles. The van der Waals surface area contributed by atoms with Gasteiger partial charge in [-0.3, -0.25) is 9.78 Å². The fourth-order valence-corrected chi connectivity index (χ4v) is 2.59. The minimum atomic E-state index is -0.561. The number of carbonyl (C=O) groups is 1. The summed E-state index contributed by atoms with van der Waals surface area (Å²) in [5.41, 5.74) is 7.16. The van der Waals surface area contributed by atoms with Gasteiger partial charge in [0.05, 0.1) is 19.0 Å². The molecule has 7 heteroatoms. The van der Waals surface area contributed by atoms with E-state index in [0.717, 1.165) is 0 Å². The Kier molecular flexibility index (Phi) is 4.88. The molecule has 134 valence electrons. The molecule has 0 saturated carbocycles. The average molecular weight is 355 g/mol. The van der Waals surface area contributed by atoms with Crippen molar-refractivity contribution in [2.24, 2.45) is 0 Å². The number of nitrogens with two attached hydrogens (primary N) is 1. The van der Waals surface area contributed by atoms with Crippen LogP contribution < -0.4 is 20.5 Å². The number of halogens is 1. The Hall–Kier alpha value is -3.35. The molecular weight excluding hydrogens is 337 g/mol. The highest BCUT2D eigenvalue weighted by Crippen LogP contribution is 2.34. The molecule has 0 fully saturated rings. The van der Waals surface area contributed by atoms with E-state index >= 15 is 0 Å². The lowest BCUT2D eigenvalue weighted by Gasteiger charge is -2.13. The van der Waals surface area contributed by atoms with Crippen LogP contribution in [0.4, 0.5) is 10.1 Å². The number of ether oxygens (including phenoxy) is 2. The van der Waals surface area contributed by atoms with Gasteiger partial charge in [-0.25, -0.2) is 4.39 Å². The maximum atomic E-state index is 14.1. The summed E-state index contributed by atoms with van der Waals surface area (Å²) in [5, 5.41) is 3.22. The fraction of sp³-hybridized carbons (Fsp3) is 0.158. The van der Waals surface area contributed by atoms with Crippen molar-refractivity contribution in [3.63, 3.8) is 0 Å². The highest BCUT2D eigenvalue weighted by atomic mass is 19.1. The van der Waals surface area contributed by atoms with Gasteiger partial charge < -0.3 is 20.5 Å². The SMILES string of the molecule is CNC(=O)Cc1cc2c(Oc3ccc(N)cc3F)ccnc2cc1OC. The molecular formula is C19H18FN3O3. The van der Waals surface area contributed by atoms with Crippen LogP contribution in [-0.4, -0.2) is 25.0 Å². The number of nitrogens with one attached hydrogen (secondary N) is 1. The van der Waals surface area contributed by atoms with Gasteiger partial charge >= 0.3 is 0 Å². The second-order valence-corrected chi connectivity index (χ2v) is 5.63. The third-order valence-corrected chi connectivity index (χ3v) is 3.91. The largest absolute Gasteiger partial charge is 0.496 e. The molecule has 1 aromatic heterocycles. The number of anilines is 1. The van der Waals surface area contributed by atoms with Gasteiger partial charge in [0.2, 0.25) is 5.91 Å². The lowest BCUT2D eigenvalue weighted by Crippen LogP contribution is -2.20. The van der Waals surface area contributed by atoms with Gasteiger partial charge in [0.25, 0.3) is 0 Å². The van der Waals surface area contributed by atoms with Crippen molar-refractivity contribution in [1.82, 2.24) is 10.3 Å². The smallest absolute Gasteiger partial charge is 0.224 e. The topological polar surface area (TPSA) is 86.5 Å². The summed E-state index contributed by atoms with van der Waals surface area (Å²) in [5.74, 6) is 0.298. The molecule has 0 radical (unpaired) electrons. The monoisotopic (exact) mass is 355 g/mol. The molecule has 0 atom stereocenters. The van der Waals surface area contributed by atoms with E-state index in [4.69, 9.17) is 15.2 Å². The van der Waals surface area contributed by atoms with Crippen LogP contribution in [0.15, 0.2) is 42.6 Å². The van der Waals surface area contributed by atoms with E-state index in [1.807, 2.05) is 0 Å². The van der Waals surface area contributed by atoms with Gasteiger partial charge in [-0.05, 0) is 24.3 Å². The maximum Gasteiger partial charge on any atom is 0.224 e. The molecule has 0 bridgehead atoms. The second-order valence-electron chi connectivity index (χ2n) is 5.63. The molecule has 1 amide bonds. The molecule has 0 unspecified atom stereocenters. The summed E-state index contributed by atoms with van der Waals surface area (Å²) >= 11 is 0. The lowest BCUT2D eigenvalue weighted by molar-refractivity contribution is -0.119. The normalized spacial score (nSPS) is 10.6. The predicted molar refractivity (Wildman–Crippen MR) is 97.0 cm³/mol. The number of hydrogen-bond donors (Lipinski definition) is 2. The summed E-state index contributed by atoms with van der Waals surface area (Å²) in [6.07, 6.45) is 1.70. The number of aromatic nitrogens is 1. The third-order valence-electron chi connectivity index (χ3n) is 3.91. The van der Waals surface area contributed by atoms with Crippen molar-refractivity contribution in [2.45, 2.75) is 6.42 Å². The Balaban J connectivity index is 2.07. The number of rotatable bonds is 5. The van der Waals surface area contributed by atoms with E-state index in [1.54, 1.807) is 37.5 Å². The zero-order valence-corrected chi connectivity index (χ0v) is 14.4. The van der Waals surface area contributed by atoms with Crippen LogP contribution in [0.2, 0.25) is 0 Å². The zero-order valence-electron chi connectivity index (χ0n) is 14.4. The standard InChI is InChI=1S/C19H18FN3O3/c1-22-19(24)8-11-7-13-15(10-18(11)25-2)23-6-5-16(13)26-17-4-3-12(21)9-14(17)20/h3-7,9-10H,8,21H2,1-2H3,(H,22,24).